The molecule has 3 atom stereocenters. The van der Waals surface area contributed by atoms with Crippen molar-refractivity contribution in [2.75, 3.05) is 32.0 Å². The fraction of sp³-hybridized carbons (Fsp3) is 0.522. The van der Waals surface area contributed by atoms with Gasteiger partial charge in [-0.2, -0.15) is 0 Å². The Labute approximate surface area is 197 Å². The van der Waals surface area contributed by atoms with Crippen molar-refractivity contribution in [3.8, 4) is 5.75 Å². The van der Waals surface area contributed by atoms with Gasteiger partial charge in [-0.15, -0.1) is 21.9 Å². The highest BCUT2D eigenvalue weighted by atomic mass is 32.2. The number of fused-ring (bicyclic) bond motifs is 1. The van der Waals surface area contributed by atoms with E-state index in [1.165, 1.54) is 11.8 Å². The van der Waals surface area contributed by atoms with Gasteiger partial charge in [-0.3, -0.25) is 4.79 Å². The first-order chi connectivity index (χ1) is 16.0. The Kier molecular flexibility index (Phi) is 10.0. The number of carbonyl (C=O) groups is 1. The molecule has 0 heterocycles. The van der Waals surface area contributed by atoms with Crippen LogP contribution in [0.2, 0.25) is 0 Å². The van der Waals surface area contributed by atoms with Gasteiger partial charge >= 0.3 is 0 Å². The zero-order chi connectivity index (χ0) is 23.5. The topological polar surface area (TPSA) is 123 Å². The number of nitrogens with one attached hydrogen (secondary N) is 2. The third-order valence-electron chi connectivity index (χ3n) is 5.48. The molecule has 0 aliphatic heterocycles. The number of amides is 1. The van der Waals surface area contributed by atoms with Crippen LogP contribution in [0.4, 0.5) is 0 Å². The summed E-state index contributed by atoms with van der Waals surface area (Å²) < 4.78 is 5.78. The van der Waals surface area contributed by atoms with Crippen molar-refractivity contribution < 1.29 is 24.6 Å². The molecule has 10 heteroatoms. The van der Waals surface area contributed by atoms with Gasteiger partial charge in [0.1, 0.15) is 24.6 Å². The van der Waals surface area contributed by atoms with Crippen molar-refractivity contribution in [2.45, 2.75) is 43.1 Å². The number of carbonyl (C=O) groups excluding carboxylic acids is 1. The van der Waals surface area contributed by atoms with E-state index in [0.29, 0.717) is 26.1 Å². The van der Waals surface area contributed by atoms with Gasteiger partial charge in [-0.05, 0) is 24.3 Å². The summed E-state index contributed by atoms with van der Waals surface area (Å²) in [4.78, 5) is 27.5. The van der Waals surface area contributed by atoms with Crippen molar-refractivity contribution in [2.24, 2.45) is 0 Å². The van der Waals surface area contributed by atoms with Gasteiger partial charge in [0.2, 0.25) is 5.91 Å². The Balaban J connectivity index is 1.27. The zero-order valence-electron chi connectivity index (χ0n) is 18.5. The smallest absolute Gasteiger partial charge is 0.294 e. The molecular weight excluding hydrogens is 446 g/mol. The summed E-state index contributed by atoms with van der Waals surface area (Å²) in [6.45, 7) is 1.45. The summed E-state index contributed by atoms with van der Waals surface area (Å²) in [5.41, 5.74) is 0. The Morgan fingerprint density at radius 3 is 2.82 bits per heavy atom. The van der Waals surface area contributed by atoms with E-state index in [1.807, 2.05) is 42.5 Å². The lowest BCUT2D eigenvalue weighted by atomic mass is 9.97. The highest BCUT2D eigenvalue weighted by Crippen LogP contribution is 2.30. The van der Waals surface area contributed by atoms with Crippen LogP contribution >= 0.6 is 11.8 Å². The van der Waals surface area contributed by atoms with Crippen LogP contribution in [0.5, 0.6) is 5.75 Å². The Bertz CT molecular complexity index is 909. The van der Waals surface area contributed by atoms with Crippen LogP contribution in [0.25, 0.3) is 10.8 Å². The van der Waals surface area contributed by atoms with E-state index < -0.39 is 17.3 Å². The SMILES string of the molecule is O=C(CSC1CCCCC1O[N+](=O)[O-])NCCNCC(O)COc1cccc2ccccc12. The first-order valence-electron chi connectivity index (χ1n) is 11.2. The van der Waals surface area contributed by atoms with Gasteiger partial charge in [0.15, 0.2) is 0 Å². The van der Waals surface area contributed by atoms with Crippen molar-refractivity contribution in [3.63, 3.8) is 0 Å². The molecule has 3 N–H and O–H groups in total. The number of ether oxygens (including phenoxy) is 1. The minimum Gasteiger partial charge on any atom is -0.490 e. The number of benzene rings is 2. The van der Waals surface area contributed by atoms with E-state index >= 15 is 0 Å². The summed E-state index contributed by atoms with van der Waals surface area (Å²) in [5.74, 6) is 0.858. The molecule has 9 nitrogen and oxygen atoms in total. The molecule has 1 saturated carbocycles. The highest BCUT2D eigenvalue weighted by molar-refractivity contribution is 8.00. The molecule has 0 aromatic heterocycles. The van der Waals surface area contributed by atoms with Gasteiger partial charge < -0.3 is 25.3 Å². The molecule has 1 aliphatic carbocycles. The second-order valence-corrected chi connectivity index (χ2v) is 9.23. The molecule has 0 spiro atoms. The molecular formula is C23H31N3O6S. The zero-order valence-corrected chi connectivity index (χ0v) is 19.3. The number of rotatable bonds is 13. The van der Waals surface area contributed by atoms with Crippen LogP contribution in [-0.4, -0.2) is 65.6 Å². The van der Waals surface area contributed by atoms with E-state index in [-0.39, 0.29) is 23.5 Å². The fourth-order valence-electron chi connectivity index (χ4n) is 3.84. The molecule has 1 aliphatic rings. The molecule has 180 valence electrons. The molecule has 0 radical (unpaired) electrons. The van der Waals surface area contributed by atoms with Crippen LogP contribution in [0.15, 0.2) is 42.5 Å². The lowest BCUT2D eigenvalue weighted by molar-refractivity contribution is -0.768. The van der Waals surface area contributed by atoms with E-state index in [9.17, 15) is 20.0 Å². The maximum Gasteiger partial charge on any atom is 0.294 e. The predicted octanol–water partition coefficient (Wildman–Crippen LogP) is 2.54. The molecule has 2 aromatic carbocycles. The summed E-state index contributed by atoms with van der Waals surface area (Å²) in [6.07, 6.45) is 2.25. The van der Waals surface area contributed by atoms with E-state index in [2.05, 4.69) is 10.6 Å². The largest absolute Gasteiger partial charge is 0.490 e. The Morgan fingerprint density at radius 2 is 1.97 bits per heavy atom. The first-order valence-corrected chi connectivity index (χ1v) is 12.3. The standard InChI is InChI=1S/C23H31N3O6S/c27-18(15-31-20-10-5-7-17-6-1-2-8-19(17)20)14-24-12-13-25-23(28)16-33-22-11-4-3-9-21(22)32-26(29)30/h1-2,5-8,10,18,21-22,24,27H,3-4,9,11-16H2,(H,25,28). The summed E-state index contributed by atoms with van der Waals surface area (Å²) in [7, 11) is 0. The molecule has 1 fully saturated rings. The number of nitrogens with zero attached hydrogens (tertiary/aromatic N) is 1. The second kappa shape index (κ2) is 13.2. The number of hydrogen-bond donors (Lipinski definition) is 3. The van der Waals surface area contributed by atoms with Crippen LogP contribution in [0.1, 0.15) is 25.7 Å². The van der Waals surface area contributed by atoms with Gasteiger partial charge in [0.05, 0.1) is 5.75 Å². The summed E-state index contributed by atoms with van der Waals surface area (Å²) >= 11 is 1.41. The molecule has 0 bridgehead atoms. The minimum atomic E-state index is -0.739. The van der Waals surface area contributed by atoms with E-state index in [0.717, 1.165) is 35.8 Å². The quantitative estimate of drug-likeness (QED) is 0.229. The lowest BCUT2D eigenvalue weighted by Gasteiger charge is -2.28. The van der Waals surface area contributed by atoms with E-state index in [1.54, 1.807) is 0 Å². The molecule has 2 aromatic rings. The van der Waals surface area contributed by atoms with Gasteiger partial charge in [-0.25, -0.2) is 0 Å². The molecule has 0 saturated heterocycles. The number of thioether (sulfide) groups is 1. The molecule has 3 unspecified atom stereocenters. The van der Waals surface area contributed by atoms with Crippen LogP contribution in [0, 0.1) is 10.1 Å². The normalized spacial score (nSPS) is 19.1. The first kappa shape index (κ1) is 25.1. The lowest BCUT2D eigenvalue weighted by Crippen LogP contribution is -2.38. The van der Waals surface area contributed by atoms with Crippen molar-refractivity contribution in [1.82, 2.24) is 10.6 Å². The number of hydrogen-bond acceptors (Lipinski definition) is 8. The van der Waals surface area contributed by atoms with Crippen LogP contribution in [-0.2, 0) is 9.63 Å². The molecule has 1 amide bonds. The Morgan fingerprint density at radius 1 is 1.18 bits per heavy atom. The van der Waals surface area contributed by atoms with Crippen LogP contribution < -0.4 is 15.4 Å². The predicted molar refractivity (Wildman–Crippen MR) is 128 cm³/mol. The third kappa shape index (κ3) is 8.38. The minimum absolute atomic E-state index is 0.0371. The van der Waals surface area contributed by atoms with Gasteiger partial charge in [0.25, 0.3) is 5.09 Å². The number of aliphatic hydroxyl groups is 1. The van der Waals surface area contributed by atoms with Crippen LogP contribution in [0.3, 0.4) is 0 Å². The fourth-order valence-corrected chi connectivity index (χ4v) is 5.05. The molecule has 3 rings (SSSR count). The average Bonchev–Trinajstić information content (AvgIpc) is 2.81. The Hall–Kier alpha value is -2.56. The van der Waals surface area contributed by atoms with Gasteiger partial charge in [-0.1, -0.05) is 49.2 Å². The average molecular weight is 478 g/mol. The highest BCUT2D eigenvalue weighted by Gasteiger charge is 2.29. The maximum atomic E-state index is 12.1. The van der Waals surface area contributed by atoms with Crippen molar-refractivity contribution in [3.05, 3.63) is 52.6 Å². The van der Waals surface area contributed by atoms with E-state index in [4.69, 9.17) is 9.57 Å². The van der Waals surface area contributed by atoms with Gasteiger partial charge in [0, 0.05) is 30.3 Å². The monoisotopic (exact) mass is 477 g/mol. The molecule has 33 heavy (non-hydrogen) atoms. The maximum absolute atomic E-state index is 12.1. The number of aliphatic hydroxyl groups excluding tert-OH is 1. The van der Waals surface area contributed by atoms with Crippen molar-refractivity contribution >= 4 is 28.4 Å². The summed E-state index contributed by atoms with van der Waals surface area (Å²) in [6, 6.07) is 13.7. The van der Waals surface area contributed by atoms with Crippen molar-refractivity contribution in [1.29, 1.82) is 0 Å². The second-order valence-electron chi connectivity index (χ2n) is 8.00. The summed E-state index contributed by atoms with van der Waals surface area (Å²) in [5, 5.41) is 28.0. The third-order valence-corrected chi connectivity index (χ3v) is 6.87.